The van der Waals surface area contributed by atoms with Crippen LogP contribution < -0.4 is 10.6 Å². The summed E-state index contributed by atoms with van der Waals surface area (Å²) in [7, 11) is 0. The molecule has 19 heavy (non-hydrogen) atoms. The van der Waals surface area contributed by atoms with E-state index in [0.29, 0.717) is 23.6 Å². The molecule has 4 rings (SSSR count). The molecule has 0 spiro atoms. The summed E-state index contributed by atoms with van der Waals surface area (Å²) in [5, 5.41) is 7.60. The third-order valence-electron chi connectivity index (χ3n) is 4.39. The van der Waals surface area contributed by atoms with Crippen molar-refractivity contribution in [3.8, 4) is 0 Å². The molecule has 2 bridgehead atoms. The summed E-state index contributed by atoms with van der Waals surface area (Å²) in [6, 6.07) is 8.39. The van der Waals surface area contributed by atoms with Crippen molar-refractivity contribution < 1.29 is 9.21 Å². The molecule has 98 valence electrons. The van der Waals surface area contributed by atoms with Crippen molar-refractivity contribution in [1.29, 1.82) is 0 Å². The van der Waals surface area contributed by atoms with Gasteiger partial charge in [0.25, 0.3) is 5.91 Å². The Bertz CT molecular complexity index is 634. The largest absolute Gasteiger partial charge is 0.464 e. The predicted octanol–water partition coefficient (Wildman–Crippen LogP) is 1.91. The van der Waals surface area contributed by atoms with E-state index in [2.05, 4.69) is 10.6 Å². The average Bonchev–Trinajstić information content (AvgIpc) is 3.13. The van der Waals surface area contributed by atoms with E-state index in [0.717, 1.165) is 23.9 Å². The van der Waals surface area contributed by atoms with E-state index in [4.69, 9.17) is 4.42 Å². The monoisotopic (exact) mass is 256 g/mol. The highest BCUT2D eigenvalue weighted by Gasteiger charge is 2.40. The van der Waals surface area contributed by atoms with E-state index >= 15 is 0 Å². The Balaban J connectivity index is 1.53. The summed E-state index contributed by atoms with van der Waals surface area (Å²) < 4.78 is 5.29. The zero-order chi connectivity index (χ0) is 12.8. The van der Waals surface area contributed by atoms with Crippen molar-refractivity contribution in [3.05, 3.63) is 36.1 Å². The Hall–Kier alpha value is -1.81. The lowest BCUT2D eigenvalue weighted by Gasteiger charge is -2.23. The van der Waals surface area contributed by atoms with Crippen LogP contribution in [0.3, 0.4) is 0 Å². The second-order valence-electron chi connectivity index (χ2n) is 5.59. The summed E-state index contributed by atoms with van der Waals surface area (Å²) in [6.07, 6.45) is 3.91. The van der Waals surface area contributed by atoms with Crippen LogP contribution in [0.25, 0.3) is 11.0 Å². The van der Waals surface area contributed by atoms with Crippen molar-refractivity contribution in [1.82, 2.24) is 10.6 Å². The molecule has 2 aliphatic rings. The summed E-state index contributed by atoms with van der Waals surface area (Å²) in [5.74, 6) is 0.632. The number of piperidine rings is 1. The fraction of sp³-hybridized carbons (Fsp3) is 0.400. The number of amides is 1. The number of carbonyl (C=O) groups excluding carboxylic acids is 1. The molecule has 1 aliphatic heterocycles. The fourth-order valence-electron chi connectivity index (χ4n) is 3.37. The zero-order valence-electron chi connectivity index (χ0n) is 10.6. The SMILES string of the molecule is O=C(N[C@H]1C[C@@H]2C[C@H]1CN2)c1ccc2occc2c1. The Morgan fingerprint density at radius 2 is 2.26 bits per heavy atom. The minimum atomic E-state index is 0.0284. The fourth-order valence-corrected chi connectivity index (χ4v) is 3.37. The smallest absolute Gasteiger partial charge is 0.251 e. The van der Waals surface area contributed by atoms with Gasteiger partial charge in [-0.1, -0.05) is 0 Å². The summed E-state index contributed by atoms with van der Waals surface area (Å²) >= 11 is 0. The Labute approximate surface area is 111 Å². The quantitative estimate of drug-likeness (QED) is 0.863. The van der Waals surface area contributed by atoms with Gasteiger partial charge in [0.15, 0.2) is 0 Å². The first-order chi connectivity index (χ1) is 9.29. The van der Waals surface area contributed by atoms with Gasteiger partial charge in [-0.05, 0) is 43.0 Å². The summed E-state index contributed by atoms with van der Waals surface area (Å²) in [5.41, 5.74) is 1.53. The molecule has 1 aromatic carbocycles. The zero-order valence-corrected chi connectivity index (χ0v) is 10.6. The van der Waals surface area contributed by atoms with Crippen molar-refractivity contribution in [2.24, 2.45) is 5.92 Å². The van der Waals surface area contributed by atoms with Crippen LogP contribution in [-0.4, -0.2) is 24.5 Å². The lowest BCUT2D eigenvalue weighted by Crippen LogP contribution is -2.44. The minimum Gasteiger partial charge on any atom is -0.464 e. The topological polar surface area (TPSA) is 54.3 Å². The summed E-state index contributed by atoms with van der Waals surface area (Å²) in [6.45, 7) is 1.04. The Morgan fingerprint density at radius 3 is 3.05 bits per heavy atom. The molecule has 4 heteroatoms. The molecule has 1 saturated heterocycles. The minimum absolute atomic E-state index is 0.0284. The molecule has 1 aromatic heterocycles. The first-order valence-electron chi connectivity index (χ1n) is 6.81. The summed E-state index contributed by atoms with van der Waals surface area (Å²) in [4.78, 5) is 12.3. The lowest BCUT2D eigenvalue weighted by atomic mass is 10.0. The molecule has 1 amide bonds. The number of fused-ring (bicyclic) bond motifs is 3. The van der Waals surface area contributed by atoms with Crippen LogP contribution in [0.2, 0.25) is 0 Å². The number of carbonyl (C=O) groups is 1. The molecule has 0 unspecified atom stereocenters. The van der Waals surface area contributed by atoms with Crippen molar-refractivity contribution in [3.63, 3.8) is 0 Å². The predicted molar refractivity (Wildman–Crippen MR) is 72.0 cm³/mol. The maximum atomic E-state index is 12.3. The number of nitrogens with one attached hydrogen (secondary N) is 2. The standard InChI is InChI=1S/C15H16N2O2/c18-15(17-13-7-12-6-11(13)8-16-12)10-1-2-14-9(5-10)3-4-19-14/h1-5,11-13,16H,6-8H2,(H,17,18)/t11-,12-,13-/m0/s1. The number of furan rings is 1. The van der Waals surface area contributed by atoms with Gasteiger partial charge in [-0.2, -0.15) is 0 Å². The number of benzene rings is 1. The lowest BCUT2D eigenvalue weighted by molar-refractivity contribution is 0.0925. The van der Waals surface area contributed by atoms with E-state index < -0.39 is 0 Å². The van der Waals surface area contributed by atoms with Gasteiger partial charge < -0.3 is 15.1 Å². The Morgan fingerprint density at radius 1 is 1.32 bits per heavy atom. The molecular weight excluding hydrogens is 240 g/mol. The van der Waals surface area contributed by atoms with E-state index in [1.165, 1.54) is 6.42 Å². The van der Waals surface area contributed by atoms with E-state index in [1.54, 1.807) is 6.26 Å². The van der Waals surface area contributed by atoms with E-state index in [-0.39, 0.29) is 5.91 Å². The molecule has 2 heterocycles. The van der Waals surface area contributed by atoms with Crippen LogP contribution in [-0.2, 0) is 0 Å². The van der Waals surface area contributed by atoms with Gasteiger partial charge in [-0.25, -0.2) is 0 Å². The first kappa shape index (κ1) is 11.1. The van der Waals surface area contributed by atoms with Gasteiger partial charge in [0, 0.05) is 29.6 Å². The molecular formula is C15H16N2O2. The molecule has 2 fully saturated rings. The van der Waals surface area contributed by atoms with Crippen LogP contribution in [0.1, 0.15) is 23.2 Å². The second kappa shape index (κ2) is 4.10. The van der Waals surface area contributed by atoms with Crippen LogP contribution in [0, 0.1) is 5.92 Å². The second-order valence-corrected chi connectivity index (χ2v) is 5.59. The van der Waals surface area contributed by atoms with E-state index in [1.807, 2.05) is 24.3 Å². The highest BCUT2D eigenvalue weighted by Crippen LogP contribution is 2.31. The molecule has 0 radical (unpaired) electrons. The number of rotatable bonds is 2. The highest BCUT2D eigenvalue weighted by molar-refractivity contribution is 5.97. The third kappa shape index (κ3) is 1.83. The molecule has 3 atom stereocenters. The van der Waals surface area contributed by atoms with Crippen LogP contribution in [0.4, 0.5) is 0 Å². The number of hydrogen-bond acceptors (Lipinski definition) is 3. The first-order valence-corrected chi connectivity index (χ1v) is 6.81. The average molecular weight is 256 g/mol. The highest BCUT2D eigenvalue weighted by atomic mass is 16.3. The molecule has 1 saturated carbocycles. The number of hydrogen-bond donors (Lipinski definition) is 2. The third-order valence-corrected chi connectivity index (χ3v) is 4.39. The van der Waals surface area contributed by atoms with Gasteiger partial charge in [0.2, 0.25) is 0 Å². The van der Waals surface area contributed by atoms with Gasteiger partial charge in [-0.15, -0.1) is 0 Å². The van der Waals surface area contributed by atoms with Gasteiger partial charge >= 0.3 is 0 Å². The van der Waals surface area contributed by atoms with Crippen molar-refractivity contribution in [2.45, 2.75) is 24.9 Å². The molecule has 4 nitrogen and oxygen atoms in total. The van der Waals surface area contributed by atoms with Crippen LogP contribution >= 0.6 is 0 Å². The molecule has 2 N–H and O–H groups in total. The maximum Gasteiger partial charge on any atom is 0.251 e. The van der Waals surface area contributed by atoms with E-state index in [9.17, 15) is 4.79 Å². The molecule has 2 aromatic rings. The van der Waals surface area contributed by atoms with Gasteiger partial charge in [0.05, 0.1) is 6.26 Å². The van der Waals surface area contributed by atoms with Crippen LogP contribution in [0.15, 0.2) is 34.9 Å². The maximum absolute atomic E-state index is 12.3. The van der Waals surface area contributed by atoms with Crippen molar-refractivity contribution >= 4 is 16.9 Å². The van der Waals surface area contributed by atoms with Gasteiger partial charge in [0.1, 0.15) is 5.58 Å². The molecule has 1 aliphatic carbocycles. The van der Waals surface area contributed by atoms with Crippen molar-refractivity contribution in [2.75, 3.05) is 6.54 Å². The normalized spacial score (nSPS) is 28.9. The van der Waals surface area contributed by atoms with Gasteiger partial charge in [-0.3, -0.25) is 4.79 Å². The Kier molecular flexibility index (Phi) is 2.38. The van der Waals surface area contributed by atoms with Crippen LogP contribution in [0.5, 0.6) is 0 Å².